The maximum Gasteiger partial charge on any atom is 0.143 e. The van der Waals surface area contributed by atoms with Crippen LogP contribution in [0.1, 0.15) is 61.1 Å². The summed E-state index contributed by atoms with van der Waals surface area (Å²) in [5.74, 6) is 0. The first-order valence-electron chi connectivity index (χ1n) is 24.9. The molecule has 12 aromatic rings. The fourth-order valence-corrected chi connectivity index (χ4v) is 12.6. The smallest absolute Gasteiger partial charge is 0.143 e. The van der Waals surface area contributed by atoms with Crippen LogP contribution >= 0.6 is 0 Å². The van der Waals surface area contributed by atoms with Crippen LogP contribution in [0.5, 0.6) is 0 Å². The van der Waals surface area contributed by atoms with Crippen LogP contribution in [0, 0.1) is 13.8 Å². The van der Waals surface area contributed by atoms with Gasteiger partial charge in [0.05, 0.1) is 5.69 Å². The van der Waals surface area contributed by atoms with Crippen LogP contribution in [0.15, 0.2) is 209 Å². The van der Waals surface area contributed by atoms with E-state index in [9.17, 15) is 0 Å². The minimum Gasteiger partial charge on any atom is -0.455 e. The summed E-state index contributed by atoms with van der Waals surface area (Å²) in [6.07, 6.45) is 0. The number of benzene rings is 10. The highest BCUT2D eigenvalue weighted by Crippen LogP contribution is 2.59. The van der Waals surface area contributed by atoms with Gasteiger partial charge in [-0.2, -0.15) is 0 Å². The van der Waals surface area contributed by atoms with E-state index in [2.05, 4.69) is 247 Å². The third kappa shape index (κ3) is 5.90. The Labute approximate surface area is 414 Å². The summed E-state index contributed by atoms with van der Waals surface area (Å²) in [5, 5.41) is 4.67. The fourth-order valence-electron chi connectivity index (χ4n) is 12.6. The van der Waals surface area contributed by atoms with Gasteiger partial charge in [0.1, 0.15) is 22.3 Å². The molecule has 340 valence electrons. The molecule has 2 aromatic heterocycles. The highest BCUT2D eigenvalue weighted by Gasteiger charge is 2.42. The molecule has 10 aromatic carbocycles. The maximum atomic E-state index is 6.87. The number of hydrogen-bond donors (Lipinski definition) is 0. The molecule has 3 nitrogen and oxygen atoms in total. The van der Waals surface area contributed by atoms with E-state index in [4.69, 9.17) is 8.83 Å². The zero-order valence-corrected chi connectivity index (χ0v) is 40.8. The van der Waals surface area contributed by atoms with Gasteiger partial charge in [-0.25, -0.2) is 0 Å². The molecule has 0 atom stereocenters. The number of furan rings is 2. The number of anilines is 3. The van der Waals surface area contributed by atoms with Crippen molar-refractivity contribution in [2.45, 2.75) is 52.4 Å². The monoisotopic (exact) mass is 913 g/mol. The van der Waals surface area contributed by atoms with Gasteiger partial charge in [-0.15, -0.1) is 0 Å². The fraction of sp³-hybridized carbons (Fsp3) is 0.118. The van der Waals surface area contributed by atoms with Crippen LogP contribution in [-0.2, 0) is 10.8 Å². The zero-order chi connectivity index (χ0) is 47.9. The lowest BCUT2D eigenvalue weighted by atomic mass is 9.80. The van der Waals surface area contributed by atoms with Crippen LogP contribution in [-0.4, -0.2) is 0 Å². The Morgan fingerprint density at radius 3 is 1.27 bits per heavy atom. The van der Waals surface area contributed by atoms with Gasteiger partial charge in [-0.05, 0) is 141 Å². The normalized spacial score (nSPS) is 14.0. The standard InChI is InChI=1S/C68H51NO2/c1-40-20-10-12-24-45(40)52-38-56-61(63-50-27-15-18-30-59(50)70-65(52)63)48-34-32-43(36-54(48)67(56,3)4)69(58-29-17-14-26-47(58)42-22-8-7-9-23-42)44-33-35-49-55(37-44)68(5,6)57-39-53(46-25-13-11-21-41(46)2)66-64(62(49)57)51-28-16-19-31-60(51)71-66/h7-39H,1-6H3. The molecule has 0 saturated heterocycles. The van der Waals surface area contributed by atoms with Crippen molar-refractivity contribution in [1.82, 2.24) is 0 Å². The molecule has 0 radical (unpaired) electrons. The van der Waals surface area contributed by atoms with Crippen molar-refractivity contribution in [2.75, 3.05) is 4.90 Å². The Kier molecular flexibility index (Phi) is 8.81. The van der Waals surface area contributed by atoms with E-state index >= 15 is 0 Å². The first-order valence-corrected chi connectivity index (χ1v) is 24.9. The Hall–Kier alpha value is -8.40. The zero-order valence-electron chi connectivity index (χ0n) is 40.8. The van der Waals surface area contributed by atoms with Gasteiger partial charge < -0.3 is 13.7 Å². The summed E-state index contributed by atoms with van der Waals surface area (Å²) in [6, 6.07) is 73.4. The Morgan fingerprint density at radius 1 is 0.352 bits per heavy atom. The Balaban J connectivity index is 1.00. The molecule has 14 rings (SSSR count). The summed E-state index contributed by atoms with van der Waals surface area (Å²) in [7, 11) is 0. The van der Waals surface area contributed by atoms with Gasteiger partial charge in [0, 0.05) is 60.4 Å². The van der Waals surface area contributed by atoms with E-state index in [1.165, 1.54) is 88.7 Å². The van der Waals surface area contributed by atoms with E-state index in [0.717, 1.165) is 61.3 Å². The molecule has 2 heterocycles. The molecular formula is C68H51NO2. The lowest BCUT2D eigenvalue weighted by molar-refractivity contribution is 0.657. The quantitative estimate of drug-likeness (QED) is 0.166. The lowest BCUT2D eigenvalue weighted by Crippen LogP contribution is -2.18. The van der Waals surface area contributed by atoms with Crippen LogP contribution in [0.4, 0.5) is 17.1 Å². The SMILES string of the molecule is Cc1ccccc1-c1cc2c(c3c1oc1ccccc13)-c1ccc(N(c3ccc4c(c3)C(C)(C)c3cc(-c5ccccc5C)c5oc6ccccc6c5c3-4)c3ccccc3-c3ccccc3)cc1C2(C)C. The number of para-hydroxylation sites is 3. The maximum absolute atomic E-state index is 6.87. The molecule has 0 spiro atoms. The van der Waals surface area contributed by atoms with Gasteiger partial charge in [-0.1, -0.05) is 173 Å². The predicted molar refractivity (Wildman–Crippen MR) is 297 cm³/mol. The summed E-state index contributed by atoms with van der Waals surface area (Å²) in [4.78, 5) is 2.50. The summed E-state index contributed by atoms with van der Waals surface area (Å²) >= 11 is 0. The molecule has 0 N–H and O–H groups in total. The van der Waals surface area contributed by atoms with Gasteiger partial charge in [0.15, 0.2) is 0 Å². The predicted octanol–water partition coefficient (Wildman–Crippen LogP) is 19.2. The molecular weight excluding hydrogens is 863 g/mol. The van der Waals surface area contributed by atoms with E-state index in [1.807, 2.05) is 0 Å². The third-order valence-electron chi connectivity index (χ3n) is 16.2. The van der Waals surface area contributed by atoms with Crippen molar-refractivity contribution >= 4 is 60.9 Å². The average molecular weight is 914 g/mol. The van der Waals surface area contributed by atoms with Crippen molar-refractivity contribution < 1.29 is 8.83 Å². The molecule has 0 bridgehead atoms. The second kappa shape index (κ2) is 15.1. The first kappa shape index (κ1) is 41.6. The third-order valence-corrected chi connectivity index (χ3v) is 16.2. The highest BCUT2D eigenvalue weighted by molar-refractivity contribution is 6.20. The molecule has 0 aliphatic heterocycles. The topological polar surface area (TPSA) is 29.5 Å². The van der Waals surface area contributed by atoms with E-state index in [1.54, 1.807) is 0 Å². The summed E-state index contributed by atoms with van der Waals surface area (Å²) < 4.78 is 13.7. The second-order valence-corrected chi connectivity index (χ2v) is 20.9. The summed E-state index contributed by atoms with van der Waals surface area (Å²) in [6.45, 7) is 14.0. The van der Waals surface area contributed by atoms with Crippen molar-refractivity contribution in [3.8, 4) is 55.6 Å². The largest absolute Gasteiger partial charge is 0.455 e. The number of fused-ring (bicyclic) bond motifs is 14. The van der Waals surface area contributed by atoms with Crippen LogP contribution in [0.25, 0.3) is 99.5 Å². The molecule has 0 unspecified atom stereocenters. The van der Waals surface area contributed by atoms with Crippen molar-refractivity contribution in [2.24, 2.45) is 0 Å². The molecule has 0 fully saturated rings. The van der Waals surface area contributed by atoms with Crippen LogP contribution in [0.2, 0.25) is 0 Å². The minimum absolute atomic E-state index is 0.329. The molecule has 0 saturated carbocycles. The van der Waals surface area contributed by atoms with Gasteiger partial charge in [0.25, 0.3) is 0 Å². The van der Waals surface area contributed by atoms with Crippen molar-refractivity contribution in [1.29, 1.82) is 0 Å². The van der Waals surface area contributed by atoms with Crippen molar-refractivity contribution in [3.63, 3.8) is 0 Å². The average Bonchev–Trinajstić information content (AvgIpc) is 4.10. The van der Waals surface area contributed by atoms with Crippen molar-refractivity contribution in [3.05, 3.63) is 234 Å². The summed E-state index contributed by atoms with van der Waals surface area (Å²) in [5.41, 5.74) is 26.1. The highest BCUT2D eigenvalue weighted by atomic mass is 16.3. The molecule has 0 amide bonds. The first-order chi connectivity index (χ1) is 34.6. The number of aryl methyl sites for hydroxylation is 2. The van der Waals surface area contributed by atoms with Gasteiger partial charge in [-0.3, -0.25) is 0 Å². The molecule has 2 aliphatic rings. The van der Waals surface area contributed by atoms with Crippen LogP contribution < -0.4 is 4.90 Å². The molecule has 71 heavy (non-hydrogen) atoms. The Bertz CT molecular complexity index is 3970. The Morgan fingerprint density at radius 2 is 0.775 bits per heavy atom. The molecule has 2 aliphatic carbocycles. The van der Waals surface area contributed by atoms with E-state index in [-0.39, 0.29) is 10.8 Å². The van der Waals surface area contributed by atoms with E-state index < -0.39 is 0 Å². The van der Waals surface area contributed by atoms with Crippen LogP contribution in [0.3, 0.4) is 0 Å². The van der Waals surface area contributed by atoms with Gasteiger partial charge >= 0.3 is 0 Å². The number of nitrogens with zero attached hydrogens (tertiary/aromatic N) is 1. The minimum atomic E-state index is -0.329. The number of hydrogen-bond acceptors (Lipinski definition) is 3. The molecule has 3 heteroatoms. The van der Waals surface area contributed by atoms with E-state index in [0.29, 0.717) is 0 Å². The number of rotatable bonds is 6. The second-order valence-electron chi connectivity index (χ2n) is 20.9. The van der Waals surface area contributed by atoms with Gasteiger partial charge in [0.2, 0.25) is 0 Å². The lowest BCUT2D eigenvalue weighted by Gasteiger charge is -2.31.